The molecule has 0 aromatic heterocycles. The minimum atomic E-state index is 0.802. The van der Waals surface area contributed by atoms with E-state index in [2.05, 4.69) is 33.8 Å². The Morgan fingerprint density at radius 1 is 1.16 bits per heavy atom. The van der Waals surface area contributed by atoms with Gasteiger partial charge in [0, 0.05) is 56.5 Å². The van der Waals surface area contributed by atoms with Crippen molar-refractivity contribution in [2.24, 2.45) is 0 Å². The molecule has 0 unspecified atom stereocenters. The molecule has 4 heteroatoms. The summed E-state index contributed by atoms with van der Waals surface area (Å²) in [6, 6.07) is 8.12. The summed E-state index contributed by atoms with van der Waals surface area (Å²) in [5.41, 5.74) is 1.27. The van der Waals surface area contributed by atoms with Crippen LogP contribution >= 0.6 is 11.6 Å². The molecular weight excluding hydrogens is 258 g/mol. The summed E-state index contributed by atoms with van der Waals surface area (Å²) in [6.07, 6.45) is 1.90. The highest BCUT2D eigenvalue weighted by Gasteiger charge is 2.16. The Balaban J connectivity index is 1.73. The van der Waals surface area contributed by atoms with Crippen LogP contribution in [0, 0.1) is 0 Å². The zero-order valence-corrected chi connectivity index (χ0v) is 12.1. The molecule has 0 spiro atoms. The van der Waals surface area contributed by atoms with E-state index in [-0.39, 0.29) is 0 Å². The highest BCUT2D eigenvalue weighted by atomic mass is 35.5. The Bertz CT molecular complexity index is 383. The summed E-state index contributed by atoms with van der Waals surface area (Å²) in [4.78, 5) is 4.92. The van der Waals surface area contributed by atoms with Gasteiger partial charge in [0.2, 0.25) is 0 Å². The maximum absolute atomic E-state index is 5.92. The van der Waals surface area contributed by atoms with Crippen molar-refractivity contribution < 1.29 is 0 Å². The van der Waals surface area contributed by atoms with Gasteiger partial charge >= 0.3 is 0 Å². The average molecular weight is 280 g/mol. The lowest BCUT2D eigenvalue weighted by Crippen LogP contribution is -2.48. The maximum atomic E-state index is 5.92. The van der Waals surface area contributed by atoms with Gasteiger partial charge in [-0.05, 0) is 24.3 Å². The molecule has 104 valence electrons. The van der Waals surface area contributed by atoms with Crippen LogP contribution in [0.2, 0.25) is 5.02 Å². The zero-order chi connectivity index (χ0) is 13.5. The molecule has 1 heterocycles. The van der Waals surface area contributed by atoms with Gasteiger partial charge in [-0.1, -0.05) is 17.7 Å². The second kappa shape index (κ2) is 7.53. The molecule has 1 N–H and O–H groups in total. The normalized spacial score (nSPS) is 16.6. The van der Waals surface area contributed by atoms with Gasteiger partial charge in [-0.2, -0.15) is 0 Å². The summed E-state index contributed by atoms with van der Waals surface area (Å²) in [6.45, 7) is 11.2. The van der Waals surface area contributed by atoms with E-state index in [1.54, 1.807) is 0 Å². The number of rotatable bonds is 6. The van der Waals surface area contributed by atoms with Crippen molar-refractivity contribution in [3.63, 3.8) is 0 Å². The van der Waals surface area contributed by atoms with E-state index in [1.165, 1.54) is 5.69 Å². The fourth-order valence-electron chi connectivity index (χ4n) is 2.32. The average Bonchev–Trinajstić information content (AvgIpc) is 2.45. The fraction of sp³-hybridized carbons (Fsp3) is 0.467. The first-order valence-corrected chi connectivity index (χ1v) is 7.22. The van der Waals surface area contributed by atoms with Gasteiger partial charge in [-0.3, -0.25) is 4.90 Å². The van der Waals surface area contributed by atoms with Crippen LogP contribution in [0.25, 0.3) is 0 Å². The Morgan fingerprint density at radius 3 is 2.47 bits per heavy atom. The van der Waals surface area contributed by atoms with Gasteiger partial charge in [0.05, 0.1) is 0 Å². The van der Waals surface area contributed by atoms with Crippen molar-refractivity contribution in [2.45, 2.75) is 0 Å². The highest BCUT2D eigenvalue weighted by Crippen LogP contribution is 2.19. The van der Waals surface area contributed by atoms with Crippen LogP contribution in [0.3, 0.4) is 0 Å². The van der Waals surface area contributed by atoms with Gasteiger partial charge in [0.25, 0.3) is 0 Å². The lowest BCUT2D eigenvalue weighted by molar-refractivity contribution is 0.259. The molecule has 1 aliphatic rings. The van der Waals surface area contributed by atoms with E-state index in [1.807, 2.05) is 18.2 Å². The van der Waals surface area contributed by atoms with E-state index >= 15 is 0 Å². The minimum Gasteiger partial charge on any atom is -0.369 e. The topological polar surface area (TPSA) is 18.5 Å². The molecule has 3 nitrogen and oxygen atoms in total. The largest absolute Gasteiger partial charge is 0.369 e. The third kappa shape index (κ3) is 4.53. The van der Waals surface area contributed by atoms with Crippen LogP contribution in [-0.2, 0) is 0 Å². The van der Waals surface area contributed by atoms with Crippen molar-refractivity contribution in [3.05, 3.63) is 41.9 Å². The highest BCUT2D eigenvalue weighted by molar-refractivity contribution is 6.30. The minimum absolute atomic E-state index is 0.802. The van der Waals surface area contributed by atoms with Gasteiger partial charge in [-0.15, -0.1) is 6.58 Å². The summed E-state index contributed by atoms with van der Waals surface area (Å²) >= 11 is 5.92. The fourth-order valence-corrected chi connectivity index (χ4v) is 2.45. The first-order chi connectivity index (χ1) is 9.29. The van der Waals surface area contributed by atoms with Crippen molar-refractivity contribution >= 4 is 17.3 Å². The lowest BCUT2D eigenvalue weighted by Gasteiger charge is -2.36. The molecule has 0 aliphatic carbocycles. The molecule has 0 atom stereocenters. The molecule has 1 aromatic rings. The molecule has 0 radical (unpaired) electrons. The first kappa shape index (κ1) is 14.4. The second-order valence-corrected chi connectivity index (χ2v) is 5.23. The Hall–Kier alpha value is -1.03. The quantitative estimate of drug-likeness (QED) is 0.636. The third-order valence-electron chi connectivity index (χ3n) is 3.46. The van der Waals surface area contributed by atoms with Crippen molar-refractivity contribution in [1.82, 2.24) is 10.2 Å². The van der Waals surface area contributed by atoms with Gasteiger partial charge in [0.1, 0.15) is 0 Å². The van der Waals surface area contributed by atoms with Crippen LogP contribution in [0.1, 0.15) is 0 Å². The molecule has 0 amide bonds. The molecule has 2 rings (SSSR count). The number of halogens is 1. The van der Waals surface area contributed by atoms with E-state index in [9.17, 15) is 0 Å². The monoisotopic (exact) mass is 279 g/mol. The molecule has 1 aliphatic heterocycles. The molecule has 1 saturated heterocycles. The van der Waals surface area contributed by atoms with Gasteiger partial charge in [-0.25, -0.2) is 0 Å². The Morgan fingerprint density at radius 2 is 1.84 bits per heavy atom. The molecular formula is C15H22ClN3. The summed E-state index contributed by atoms with van der Waals surface area (Å²) in [7, 11) is 0. The Kier molecular flexibility index (Phi) is 5.70. The van der Waals surface area contributed by atoms with E-state index < -0.39 is 0 Å². The number of anilines is 1. The standard InChI is InChI=1S/C15H22ClN3/c1-2-7-17-8-9-18-10-12-19(13-11-18)15-5-3-14(16)4-6-15/h2-6,17H,1,7-13H2. The van der Waals surface area contributed by atoms with Crippen LogP contribution in [0.15, 0.2) is 36.9 Å². The molecule has 1 fully saturated rings. The lowest BCUT2D eigenvalue weighted by atomic mass is 10.2. The van der Waals surface area contributed by atoms with Gasteiger partial charge in [0.15, 0.2) is 0 Å². The summed E-state index contributed by atoms with van der Waals surface area (Å²) in [5.74, 6) is 0. The third-order valence-corrected chi connectivity index (χ3v) is 3.71. The van der Waals surface area contributed by atoms with E-state index in [0.29, 0.717) is 0 Å². The first-order valence-electron chi connectivity index (χ1n) is 6.84. The van der Waals surface area contributed by atoms with Crippen LogP contribution in [0.4, 0.5) is 5.69 Å². The maximum Gasteiger partial charge on any atom is 0.0407 e. The zero-order valence-electron chi connectivity index (χ0n) is 11.3. The molecule has 1 aromatic carbocycles. The van der Waals surface area contributed by atoms with Crippen LogP contribution < -0.4 is 10.2 Å². The van der Waals surface area contributed by atoms with Crippen molar-refractivity contribution in [3.8, 4) is 0 Å². The number of benzene rings is 1. The Labute approximate surface area is 120 Å². The molecule has 0 saturated carbocycles. The summed E-state index contributed by atoms with van der Waals surface area (Å²) in [5, 5.41) is 4.15. The number of nitrogens with zero attached hydrogens (tertiary/aromatic N) is 2. The number of piperazine rings is 1. The molecule has 19 heavy (non-hydrogen) atoms. The number of nitrogens with one attached hydrogen (secondary N) is 1. The van der Waals surface area contributed by atoms with Crippen molar-refractivity contribution in [1.29, 1.82) is 0 Å². The number of hydrogen-bond donors (Lipinski definition) is 1. The SMILES string of the molecule is C=CCNCCN1CCN(c2ccc(Cl)cc2)CC1. The second-order valence-electron chi connectivity index (χ2n) is 4.80. The van der Waals surface area contributed by atoms with Crippen molar-refractivity contribution in [2.75, 3.05) is 50.7 Å². The van der Waals surface area contributed by atoms with Gasteiger partial charge < -0.3 is 10.2 Å². The van der Waals surface area contributed by atoms with E-state index in [4.69, 9.17) is 11.6 Å². The smallest absolute Gasteiger partial charge is 0.0407 e. The van der Waals surface area contributed by atoms with Crippen LogP contribution in [0.5, 0.6) is 0 Å². The predicted octanol–water partition coefficient (Wildman–Crippen LogP) is 2.24. The van der Waals surface area contributed by atoms with Crippen LogP contribution in [-0.4, -0.2) is 50.7 Å². The number of hydrogen-bond acceptors (Lipinski definition) is 3. The predicted molar refractivity (Wildman–Crippen MR) is 83.2 cm³/mol. The van der Waals surface area contributed by atoms with E-state index in [0.717, 1.165) is 50.8 Å². The summed E-state index contributed by atoms with van der Waals surface area (Å²) < 4.78 is 0. The molecule has 0 bridgehead atoms.